The molecule has 4 nitrogen and oxygen atoms in total. The summed E-state index contributed by atoms with van der Waals surface area (Å²) in [6.07, 6.45) is -6.41. The Kier molecular flexibility index (Phi) is 5.34. The molecule has 0 saturated heterocycles. The first-order valence-corrected chi connectivity index (χ1v) is 6.23. The maximum atomic E-state index is 12.2. The predicted octanol–water partition coefficient (Wildman–Crippen LogP) is 2.37. The second-order valence-corrected chi connectivity index (χ2v) is 4.88. The van der Waals surface area contributed by atoms with Crippen LogP contribution in [-0.4, -0.2) is 29.2 Å². The van der Waals surface area contributed by atoms with Crippen molar-refractivity contribution in [1.29, 1.82) is 0 Å². The van der Waals surface area contributed by atoms with Crippen LogP contribution in [0.3, 0.4) is 0 Å². The van der Waals surface area contributed by atoms with Gasteiger partial charge in [-0.05, 0) is 25.0 Å². The number of hydrogen-bond donors (Lipinski definition) is 2. The number of carboxylic acids is 1. The van der Waals surface area contributed by atoms with Gasteiger partial charge in [-0.15, -0.1) is 0 Å². The summed E-state index contributed by atoms with van der Waals surface area (Å²) in [6, 6.07) is 3.42. The fraction of sp³-hybridized carbons (Fsp3) is 0.429. The van der Waals surface area contributed by atoms with Crippen LogP contribution in [-0.2, 0) is 16.0 Å². The van der Waals surface area contributed by atoms with E-state index in [-0.39, 0.29) is 6.42 Å². The predicted molar refractivity (Wildman–Crippen MR) is 69.9 cm³/mol. The van der Waals surface area contributed by atoms with Crippen molar-refractivity contribution in [2.24, 2.45) is 0 Å². The molecule has 0 radical (unpaired) electrons. The molecule has 1 aromatic rings. The summed E-state index contributed by atoms with van der Waals surface area (Å²) in [5.74, 6) is -2.46. The normalized spacial score (nSPS) is 12.8. The molecule has 21 heavy (non-hydrogen) atoms. The molecule has 0 aliphatic carbocycles. The maximum absolute atomic E-state index is 12.2. The SMILES string of the molecule is Cc1ccc(C)c(CC(=O)NC(CC(F)(F)F)C(=O)O)c1. The van der Waals surface area contributed by atoms with Gasteiger partial charge in [0.25, 0.3) is 0 Å². The van der Waals surface area contributed by atoms with Crippen LogP contribution in [0, 0.1) is 13.8 Å². The van der Waals surface area contributed by atoms with Gasteiger partial charge < -0.3 is 10.4 Å². The van der Waals surface area contributed by atoms with Crippen LogP contribution in [0.25, 0.3) is 0 Å². The first-order chi connectivity index (χ1) is 9.58. The standard InChI is InChI=1S/C14H16F3NO3/c1-8-3-4-9(2)10(5-8)6-12(19)18-11(13(20)21)7-14(15,16)17/h3-5,11H,6-7H2,1-2H3,(H,18,19)(H,20,21). The molecule has 0 aliphatic heterocycles. The quantitative estimate of drug-likeness (QED) is 0.877. The first-order valence-electron chi connectivity index (χ1n) is 6.23. The molecule has 0 spiro atoms. The first kappa shape index (κ1) is 17.0. The number of aryl methyl sites for hydroxylation is 2. The Labute approximate surface area is 120 Å². The van der Waals surface area contributed by atoms with Gasteiger partial charge in [-0.1, -0.05) is 23.8 Å². The highest BCUT2D eigenvalue weighted by Gasteiger charge is 2.36. The molecule has 2 N–H and O–H groups in total. The number of hydrogen-bond acceptors (Lipinski definition) is 2. The van der Waals surface area contributed by atoms with Gasteiger partial charge in [0, 0.05) is 0 Å². The Morgan fingerprint density at radius 3 is 2.43 bits per heavy atom. The Morgan fingerprint density at radius 1 is 1.29 bits per heavy atom. The lowest BCUT2D eigenvalue weighted by Crippen LogP contribution is -2.44. The lowest BCUT2D eigenvalue weighted by atomic mass is 10.0. The molecule has 0 bridgehead atoms. The third kappa shape index (κ3) is 5.85. The highest BCUT2D eigenvalue weighted by molar-refractivity contribution is 5.85. The smallest absolute Gasteiger partial charge is 0.391 e. The van der Waals surface area contributed by atoms with Crippen molar-refractivity contribution in [3.8, 4) is 0 Å². The van der Waals surface area contributed by atoms with Crippen LogP contribution >= 0.6 is 0 Å². The second kappa shape index (κ2) is 6.60. The number of carbonyl (C=O) groups is 2. The number of amides is 1. The molecule has 0 aliphatic rings. The van der Waals surface area contributed by atoms with E-state index >= 15 is 0 Å². The number of carbonyl (C=O) groups excluding carboxylic acids is 1. The van der Waals surface area contributed by atoms with Gasteiger partial charge in [-0.25, -0.2) is 4.79 Å². The molecule has 7 heteroatoms. The third-order valence-electron chi connectivity index (χ3n) is 2.92. The number of aliphatic carboxylic acids is 1. The zero-order chi connectivity index (χ0) is 16.2. The van der Waals surface area contributed by atoms with Crippen molar-refractivity contribution in [2.45, 2.75) is 38.9 Å². The summed E-state index contributed by atoms with van der Waals surface area (Å²) < 4.78 is 36.7. The van der Waals surface area contributed by atoms with Crippen LogP contribution in [0.4, 0.5) is 13.2 Å². The molecule has 0 heterocycles. The molecule has 116 valence electrons. The highest BCUT2D eigenvalue weighted by Crippen LogP contribution is 2.21. The van der Waals surface area contributed by atoms with E-state index in [0.717, 1.165) is 11.1 Å². The topological polar surface area (TPSA) is 66.4 Å². The summed E-state index contributed by atoms with van der Waals surface area (Å²) in [5, 5.41) is 10.6. The molecular formula is C14H16F3NO3. The van der Waals surface area contributed by atoms with E-state index in [2.05, 4.69) is 0 Å². The number of nitrogens with one attached hydrogen (secondary N) is 1. The van der Waals surface area contributed by atoms with Crippen molar-refractivity contribution >= 4 is 11.9 Å². The third-order valence-corrected chi connectivity index (χ3v) is 2.92. The van der Waals surface area contributed by atoms with Crippen molar-refractivity contribution in [1.82, 2.24) is 5.32 Å². The van der Waals surface area contributed by atoms with E-state index in [0.29, 0.717) is 5.56 Å². The Hall–Kier alpha value is -2.05. The Balaban J connectivity index is 2.74. The molecule has 0 aromatic heterocycles. The summed E-state index contributed by atoms with van der Waals surface area (Å²) >= 11 is 0. The molecule has 1 atom stereocenters. The molecule has 0 saturated carbocycles. The van der Waals surface area contributed by atoms with Gasteiger partial charge in [0.05, 0.1) is 12.8 Å². The molecule has 1 amide bonds. The van der Waals surface area contributed by atoms with Gasteiger partial charge in [-0.2, -0.15) is 13.2 Å². The minimum Gasteiger partial charge on any atom is -0.480 e. The fourth-order valence-electron chi connectivity index (χ4n) is 1.84. The van der Waals surface area contributed by atoms with Gasteiger partial charge in [0.2, 0.25) is 5.91 Å². The number of halogens is 3. The van der Waals surface area contributed by atoms with Gasteiger partial charge in [0.15, 0.2) is 0 Å². The van der Waals surface area contributed by atoms with Crippen LogP contribution in [0.1, 0.15) is 23.1 Å². The van der Waals surface area contributed by atoms with Crippen molar-refractivity contribution < 1.29 is 27.9 Å². The minimum absolute atomic E-state index is 0.158. The van der Waals surface area contributed by atoms with E-state index in [1.165, 1.54) is 0 Å². The molecule has 0 fully saturated rings. The monoisotopic (exact) mass is 303 g/mol. The average Bonchev–Trinajstić information content (AvgIpc) is 2.31. The molecule has 1 unspecified atom stereocenters. The minimum atomic E-state index is -4.66. The zero-order valence-electron chi connectivity index (χ0n) is 11.6. The van der Waals surface area contributed by atoms with Crippen molar-refractivity contribution in [2.75, 3.05) is 0 Å². The number of carboxylic acid groups (broad SMARTS) is 1. The van der Waals surface area contributed by atoms with Gasteiger partial charge in [-0.3, -0.25) is 4.79 Å². The highest BCUT2D eigenvalue weighted by atomic mass is 19.4. The van der Waals surface area contributed by atoms with Crippen LogP contribution < -0.4 is 5.32 Å². The second-order valence-electron chi connectivity index (χ2n) is 4.88. The summed E-state index contributed by atoms with van der Waals surface area (Å²) in [4.78, 5) is 22.5. The lowest BCUT2D eigenvalue weighted by Gasteiger charge is -2.16. The van der Waals surface area contributed by atoms with E-state index in [4.69, 9.17) is 5.11 Å². The zero-order valence-corrected chi connectivity index (χ0v) is 11.6. The van der Waals surface area contributed by atoms with E-state index in [9.17, 15) is 22.8 Å². The van der Waals surface area contributed by atoms with Crippen molar-refractivity contribution in [3.63, 3.8) is 0 Å². The van der Waals surface area contributed by atoms with Crippen molar-refractivity contribution in [3.05, 3.63) is 34.9 Å². The summed E-state index contributed by atoms with van der Waals surface area (Å²) in [7, 11) is 0. The molecule has 1 rings (SSSR count). The molecular weight excluding hydrogens is 287 g/mol. The molecule has 1 aromatic carbocycles. The van der Waals surface area contributed by atoms with Gasteiger partial charge >= 0.3 is 12.1 Å². The van der Waals surface area contributed by atoms with Crippen LogP contribution in [0.2, 0.25) is 0 Å². The van der Waals surface area contributed by atoms with Gasteiger partial charge in [0.1, 0.15) is 6.04 Å². The van der Waals surface area contributed by atoms with Crippen LogP contribution in [0.5, 0.6) is 0 Å². The fourth-order valence-corrected chi connectivity index (χ4v) is 1.84. The lowest BCUT2D eigenvalue weighted by molar-refractivity contribution is -0.159. The summed E-state index contributed by atoms with van der Waals surface area (Å²) in [6.45, 7) is 3.59. The largest absolute Gasteiger partial charge is 0.480 e. The Bertz CT molecular complexity index is 541. The number of alkyl halides is 3. The van der Waals surface area contributed by atoms with E-state index in [1.807, 2.05) is 18.3 Å². The van der Waals surface area contributed by atoms with E-state index in [1.54, 1.807) is 19.1 Å². The number of rotatable bonds is 5. The average molecular weight is 303 g/mol. The van der Waals surface area contributed by atoms with E-state index < -0.39 is 30.5 Å². The Morgan fingerprint density at radius 2 is 1.90 bits per heavy atom. The summed E-state index contributed by atoms with van der Waals surface area (Å²) in [5.41, 5.74) is 2.38. The number of benzene rings is 1. The maximum Gasteiger partial charge on any atom is 0.391 e. The van der Waals surface area contributed by atoms with Crippen LogP contribution in [0.15, 0.2) is 18.2 Å².